The van der Waals surface area contributed by atoms with E-state index in [9.17, 15) is 19.2 Å². The molecule has 5 rings (SSSR count). The van der Waals surface area contributed by atoms with Crippen LogP contribution >= 0.6 is 11.8 Å². The SMILES string of the molecule is CN1C(=O)SC2(Cc3cc4c(cc3C2)CC2(C4)C(=O)OC(C)(C)OC2=O)C1=O. The molecule has 0 atom stereocenters. The maximum absolute atomic E-state index is 12.7. The topological polar surface area (TPSA) is 90.0 Å². The number of carbonyl (C=O) groups is 4. The molecule has 0 saturated carbocycles. The van der Waals surface area contributed by atoms with Crippen LogP contribution in [0.1, 0.15) is 36.1 Å². The van der Waals surface area contributed by atoms with E-state index >= 15 is 0 Å². The summed E-state index contributed by atoms with van der Waals surface area (Å²) >= 11 is 1.10. The number of amides is 2. The maximum Gasteiger partial charge on any atom is 0.327 e. The zero-order chi connectivity index (χ0) is 20.1. The molecule has 0 N–H and O–H groups in total. The van der Waals surface area contributed by atoms with Gasteiger partial charge < -0.3 is 9.47 Å². The van der Waals surface area contributed by atoms with Gasteiger partial charge in [0.2, 0.25) is 5.91 Å². The molecular weight excluding hydrogens is 382 g/mol. The molecule has 0 unspecified atom stereocenters. The highest BCUT2D eigenvalue weighted by atomic mass is 32.2. The van der Waals surface area contributed by atoms with Crippen LogP contribution in [0.15, 0.2) is 12.1 Å². The summed E-state index contributed by atoms with van der Waals surface area (Å²) in [6, 6.07) is 3.95. The second-order valence-corrected chi connectivity index (χ2v) is 9.92. The number of esters is 2. The first-order chi connectivity index (χ1) is 13.1. The van der Waals surface area contributed by atoms with E-state index in [2.05, 4.69) is 0 Å². The third-order valence-electron chi connectivity index (χ3n) is 6.17. The van der Waals surface area contributed by atoms with Gasteiger partial charge in [-0.2, -0.15) is 0 Å². The van der Waals surface area contributed by atoms with E-state index in [0.717, 1.165) is 34.0 Å². The van der Waals surface area contributed by atoms with Crippen molar-refractivity contribution in [3.05, 3.63) is 34.4 Å². The number of imide groups is 1. The second kappa shape index (κ2) is 5.17. The van der Waals surface area contributed by atoms with Crippen molar-refractivity contribution in [2.45, 2.75) is 50.1 Å². The van der Waals surface area contributed by atoms with Gasteiger partial charge in [-0.3, -0.25) is 24.1 Å². The molecular formula is C20H19NO6S. The molecule has 7 nitrogen and oxygen atoms in total. The lowest BCUT2D eigenvalue weighted by atomic mass is 9.83. The minimum Gasteiger partial charge on any atom is -0.422 e. The Kier molecular flexibility index (Phi) is 3.27. The second-order valence-electron chi connectivity index (χ2n) is 8.58. The van der Waals surface area contributed by atoms with Gasteiger partial charge in [0, 0.05) is 20.9 Å². The molecule has 2 spiro atoms. The average molecular weight is 401 g/mol. The largest absolute Gasteiger partial charge is 0.422 e. The monoisotopic (exact) mass is 401 g/mol. The molecule has 0 aromatic heterocycles. The van der Waals surface area contributed by atoms with Crippen LogP contribution in [0.3, 0.4) is 0 Å². The number of hydrogen-bond acceptors (Lipinski definition) is 7. The third kappa shape index (κ3) is 2.18. The van der Waals surface area contributed by atoms with Gasteiger partial charge in [-0.15, -0.1) is 0 Å². The number of thioether (sulfide) groups is 1. The van der Waals surface area contributed by atoms with E-state index in [1.165, 1.54) is 11.9 Å². The van der Waals surface area contributed by atoms with Gasteiger partial charge in [0.1, 0.15) is 4.75 Å². The Morgan fingerprint density at radius 2 is 1.32 bits per heavy atom. The first-order valence-corrected chi connectivity index (χ1v) is 9.99. The highest BCUT2D eigenvalue weighted by Gasteiger charge is 2.60. The lowest BCUT2D eigenvalue weighted by Crippen LogP contribution is -2.54. The highest BCUT2D eigenvalue weighted by Crippen LogP contribution is 2.50. The van der Waals surface area contributed by atoms with Crippen LogP contribution in [0.25, 0.3) is 0 Å². The molecule has 146 valence electrons. The molecule has 4 aliphatic rings. The van der Waals surface area contributed by atoms with Crippen molar-refractivity contribution in [1.29, 1.82) is 0 Å². The van der Waals surface area contributed by atoms with Crippen LogP contribution in [-0.4, -0.2) is 45.6 Å². The van der Waals surface area contributed by atoms with Crippen molar-refractivity contribution < 1.29 is 28.7 Å². The molecule has 2 amide bonds. The number of fused-ring (bicyclic) bond motifs is 2. The van der Waals surface area contributed by atoms with Gasteiger partial charge in [-0.1, -0.05) is 12.1 Å². The molecule has 8 heteroatoms. The van der Waals surface area contributed by atoms with Crippen LogP contribution in [-0.2, 0) is 49.5 Å². The van der Waals surface area contributed by atoms with Gasteiger partial charge in [0.05, 0.1) is 0 Å². The molecule has 28 heavy (non-hydrogen) atoms. The molecule has 2 fully saturated rings. The Morgan fingerprint density at radius 1 is 0.857 bits per heavy atom. The summed E-state index contributed by atoms with van der Waals surface area (Å²) in [4.78, 5) is 51.1. The Balaban J connectivity index is 1.47. The van der Waals surface area contributed by atoms with Crippen LogP contribution in [0.2, 0.25) is 0 Å². The predicted octanol–water partition coefficient (Wildman–Crippen LogP) is 1.77. The standard InChI is InChI=1S/C20H19NO6S/c1-18(2)26-15(23)19(16(24)27-18)6-10-4-12-8-20(9-13(12)5-11(10)7-19)14(22)21(3)17(25)28-20/h4-5H,6-9H2,1-3H3. The first kappa shape index (κ1) is 17.7. The normalized spacial score (nSPS) is 25.9. The van der Waals surface area contributed by atoms with Crippen molar-refractivity contribution in [3.63, 3.8) is 0 Å². The Morgan fingerprint density at radius 3 is 1.75 bits per heavy atom. The smallest absolute Gasteiger partial charge is 0.327 e. The maximum atomic E-state index is 12.7. The van der Waals surface area contributed by atoms with Gasteiger partial charge in [0.15, 0.2) is 5.41 Å². The number of nitrogens with zero attached hydrogens (tertiary/aromatic N) is 1. The summed E-state index contributed by atoms with van der Waals surface area (Å²) in [5.74, 6) is -2.50. The summed E-state index contributed by atoms with van der Waals surface area (Å²) in [7, 11) is 1.51. The Hall–Kier alpha value is -2.35. The third-order valence-corrected chi connectivity index (χ3v) is 7.47. The lowest BCUT2D eigenvalue weighted by Gasteiger charge is -2.38. The van der Waals surface area contributed by atoms with Gasteiger partial charge in [-0.25, -0.2) is 0 Å². The molecule has 2 saturated heterocycles. The van der Waals surface area contributed by atoms with E-state index in [4.69, 9.17) is 9.47 Å². The van der Waals surface area contributed by atoms with Crippen LogP contribution in [0.5, 0.6) is 0 Å². The van der Waals surface area contributed by atoms with Crippen molar-refractivity contribution in [2.75, 3.05) is 7.05 Å². The van der Waals surface area contributed by atoms with Gasteiger partial charge >= 0.3 is 11.9 Å². The van der Waals surface area contributed by atoms with E-state index < -0.39 is 27.9 Å². The number of cyclic esters (lactones) is 2. The van der Waals surface area contributed by atoms with Crippen LogP contribution in [0.4, 0.5) is 4.79 Å². The minimum absolute atomic E-state index is 0.156. The number of rotatable bonds is 0. The Bertz CT molecular complexity index is 940. The van der Waals surface area contributed by atoms with Crippen molar-refractivity contribution in [3.8, 4) is 0 Å². The van der Waals surface area contributed by atoms with Crippen molar-refractivity contribution in [2.24, 2.45) is 5.41 Å². The summed E-state index contributed by atoms with van der Waals surface area (Å²) < 4.78 is 9.95. The predicted molar refractivity (Wildman–Crippen MR) is 98.4 cm³/mol. The fourth-order valence-electron chi connectivity index (χ4n) is 4.77. The van der Waals surface area contributed by atoms with Crippen molar-refractivity contribution in [1.82, 2.24) is 4.90 Å². The molecule has 2 heterocycles. The lowest BCUT2D eigenvalue weighted by molar-refractivity contribution is -0.250. The summed E-state index contributed by atoms with van der Waals surface area (Å²) in [6.07, 6.45) is 1.42. The number of hydrogen-bond donors (Lipinski definition) is 0. The van der Waals surface area contributed by atoms with Crippen LogP contribution < -0.4 is 0 Å². The number of benzene rings is 1. The van der Waals surface area contributed by atoms with Gasteiger partial charge in [-0.05, 0) is 59.7 Å². The molecule has 2 aliphatic carbocycles. The molecule has 0 bridgehead atoms. The summed E-state index contributed by atoms with van der Waals surface area (Å²) in [5, 5.41) is -0.223. The molecule has 2 aliphatic heterocycles. The molecule has 1 aromatic carbocycles. The first-order valence-electron chi connectivity index (χ1n) is 9.17. The fraction of sp³-hybridized carbons (Fsp3) is 0.500. The fourth-order valence-corrected chi connectivity index (χ4v) is 6.00. The minimum atomic E-state index is -1.32. The van der Waals surface area contributed by atoms with E-state index in [-0.39, 0.29) is 24.0 Å². The van der Waals surface area contributed by atoms with E-state index in [1.807, 2.05) is 12.1 Å². The zero-order valence-electron chi connectivity index (χ0n) is 15.8. The number of ether oxygens (including phenoxy) is 2. The quantitative estimate of drug-likeness (QED) is 0.483. The number of carbonyl (C=O) groups excluding carboxylic acids is 4. The van der Waals surface area contributed by atoms with Crippen molar-refractivity contribution >= 4 is 34.8 Å². The average Bonchev–Trinajstić information content (AvgIpc) is 3.19. The molecule has 0 radical (unpaired) electrons. The van der Waals surface area contributed by atoms with Gasteiger partial charge in [0.25, 0.3) is 11.0 Å². The van der Waals surface area contributed by atoms with E-state index in [1.54, 1.807) is 13.8 Å². The summed E-state index contributed by atoms with van der Waals surface area (Å²) in [5.41, 5.74) is 2.48. The zero-order valence-corrected chi connectivity index (χ0v) is 16.6. The van der Waals surface area contributed by atoms with E-state index in [0.29, 0.717) is 12.8 Å². The highest BCUT2D eigenvalue weighted by molar-refractivity contribution is 8.16. The summed E-state index contributed by atoms with van der Waals surface area (Å²) in [6.45, 7) is 3.08. The Labute approximate surface area is 165 Å². The van der Waals surface area contributed by atoms with Crippen LogP contribution in [0, 0.1) is 5.41 Å². The molecule has 1 aromatic rings.